The third-order valence-electron chi connectivity index (χ3n) is 5.03. The van der Waals surface area contributed by atoms with Crippen molar-refractivity contribution in [3.05, 3.63) is 73.3 Å². The third kappa shape index (κ3) is 2.93. The minimum atomic E-state index is -2.23. The fraction of sp³-hybridized carbons (Fsp3) is 0.333. The van der Waals surface area contributed by atoms with Gasteiger partial charge in [-0.25, -0.2) is 0 Å². The summed E-state index contributed by atoms with van der Waals surface area (Å²) in [7, 11) is -2.23. The van der Waals surface area contributed by atoms with Gasteiger partial charge in [0.15, 0.2) is 0 Å². The molecule has 1 nitrogen and oxygen atoms in total. The Morgan fingerprint density at radius 2 is 1.57 bits per heavy atom. The van der Waals surface area contributed by atoms with Crippen LogP contribution in [0.4, 0.5) is 0 Å². The zero-order valence-electron chi connectivity index (χ0n) is 14.1. The Bertz CT molecular complexity index is 596. The average Bonchev–Trinajstić information content (AvgIpc) is 2.98. The summed E-state index contributed by atoms with van der Waals surface area (Å²) < 4.78 is 6.90. The molecule has 0 bridgehead atoms. The summed E-state index contributed by atoms with van der Waals surface area (Å²) in [5.41, 5.74) is 0.595. The quantitative estimate of drug-likeness (QED) is 0.594. The maximum Gasteiger partial charge on any atom is 0.259 e. The van der Waals surface area contributed by atoms with Crippen LogP contribution in [0, 0.1) is 5.92 Å². The van der Waals surface area contributed by atoms with Crippen molar-refractivity contribution in [2.75, 3.05) is 0 Å². The van der Waals surface area contributed by atoms with E-state index < -0.39 is 8.32 Å². The third-order valence-corrected chi connectivity index (χ3v) is 10.1. The number of rotatable bonds is 5. The molecule has 1 heterocycles. The molecule has 1 aliphatic heterocycles. The standard InChI is InChI=1S/C21H26OSi/c1-4-11-18-16-21(17(2)3)23(22-18,19-12-7-5-8-13-19)20-14-9-6-10-15-20/h4-10,12-15,17-18,21H,1,11,16H2,2-3H3/t18-,21?/m1/s1. The van der Waals surface area contributed by atoms with Gasteiger partial charge in [0.25, 0.3) is 8.32 Å². The van der Waals surface area contributed by atoms with E-state index in [1.54, 1.807) is 0 Å². The molecule has 1 fully saturated rings. The van der Waals surface area contributed by atoms with E-state index in [4.69, 9.17) is 4.43 Å². The number of benzene rings is 2. The highest BCUT2D eigenvalue weighted by molar-refractivity contribution is 6.99. The van der Waals surface area contributed by atoms with Crippen LogP contribution in [-0.2, 0) is 4.43 Å². The zero-order valence-corrected chi connectivity index (χ0v) is 15.1. The van der Waals surface area contributed by atoms with E-state index in [0.717, 1.165) is 12.8 Å². The largest absolute Gasteiger partial charge is 0.404 e. The first-order chi connectivity index (χ1) is 11.2. The minimum absolute atomic E-state index is 0.298. The molecule has 2 heteroatoms. The van der Waals surface area contributed by atoms with Gasteiger partial charge in [0, 0.05) is 6.10 Å². The van der Waals surface area contributed by atoms with Crippen LogP contribution in [0.25, 0.3) is 0 Å². The zero-order chi connectivity index (χ0) is 16.3. The normalized spacial score (nSPS) is 23.1. The Morgan fingerprint density at radius 3 is 2.00 bits per heavy atom. The van der Waals surface area contributed by atoms with E-state index in [2.05, 4.69) is 81.1 Å². The summed E-state index contributed by atoms with van der Waals surface area (Å²) >= 11 is 0. The molecular weight excluding hydrogens is 296 g/mol. The predicted octanol–water partition coefficient (Wildman–Crippen LogP) is 4.14. The highest BCUT2D eigenvalue weighted by Crippen LogP contribution is 2.43. The SMILES string of the molecule is C=CC[C@@H]1CC(C(C)C)[Si](c2ccccc2)(c2ccccc2)O1. The molecule has 3 rings (SSSR count). The van der Waals surface area contributed by atoms with Gasteiger partial charge in [-0.1, -0.05) is 80.6 Å². The number of hydrogen-bond acceptors (Lipinski definition) is 1. The Morgan fingerprint density at radius 1 is 1.04 bits per heavy atom. The molecule has 0 aromatic heterocycles. The topological polar surface area (TPSA) is 9.23 Å². The molecule has 2 atom stereocenters. The average molecular weight is 323 g/mol. The molecule has 0 aliphatic carbocycles. The molecule has 1 unspecified atom stereocenters. The molecule has 2 aromatic carbocycles. The van der Waals surface area contributed by atoms with Crippen LogP contribution >= 0.6 is 0 Å². The van der Waals surface area contributed by atoms with E-state index in [-0.39, 0.29) is 0 Å². The molecule has 0 spiro atoms. The maximum absolute atomic E-state index is 6.90. The lowest BCUT2D eigenvalue weighted by molar-refractivity contribution is 0.231. The molecule has 2 aromatic rings. The molecule has 1 aliphatic rings. The second kappa shape index (κ2) is 6.86. The Hall–Kier alpha value is -1.64. The summed E-state index contributed by atoms with van der Waals surface area (Å²) in [6.45, 7) is 8.61. The van der Waals surface area contributed by atoms with Gasteiger partial charge in [0.05, 0.1) is 0 Å². The highest BCUT2D eigenvalue weighted by Gasteiger charge is 2.54. The van der Waals surface area contributed by atoms with Crippen molar-refractivity contribution in [2.45, 2.75) is 38.3 Å². The lowest BCUT2D eigenvalue weighted by atomic mass is 10.0. The smallest absolute Gasteiger partial charge is 0.259 e. The van der Waals surface area contributed by atoms with E-state index in [1.165, 1.54) is 10.4 Å². The van der Waals surface area contributed by atoms with Crippen molar-refractivity contribution in [1.82, 2.24) is 0 Å². The number of hydrogen-bond donors (Lipinski definition) is 0. The van der Waals surface area contributed by atoms with Crippen molar-refractivity contribution >= 4 is 18.7 Å². The fourth-order valence-corrected chi connectivity index (χ4v) is 9.29. The first-order valence-electron chi connectivity index (χ1n) is 8.58. The Kier molecular flexibility index (Phi) is 4.84. The Balaban J connectivity index is 2.16. The fourth-order valence-electron chi connectivity index (χ4n) is 4.02. The second-order valence-corrected chi connectivity index (χ2v) is 10.4. The molecule has 0 saturated carbocycles. The van der Waals surface area contributed by atoms with Gasteiger partial charge in [-0.15, -0.1) is 6.58 Å². The van der Waals surface area contributed by atoms with Crippen LogP contribution in [-0.4, -0.2) is 14.4 Å². The highest BCUT2D eigenvalue weighted by atomic mass is 28.4. The van der Waals surface area contributed by atoms with Gasteiger partial charge in [0.1, 0.15) is 0 Å². The van der Waals surface area contributed by atoms with Gasteiger partial charge in [0.2, 0.25) is 0 Å². The summed E-state index contributed by atoms with van der Waals surface area (Å²) in [6, 6.07) is 21.9. The van der Waals surface area contributed by atoms with Crippen molar-refractivity contribution < 1.29 is 4.43 Å². The van der Waals surface area contributed by atoms with E-state index >= 15 is 0 Å². The second-order valence-electron chi connectivity index (χ2n) is 6.82. The lowest BCUT2D eigenvalue weighted by Crippen LogP contribution is -2.62. The van der Waals surface area contributed by atoms with Gasteiger partial charge in [-0.05, 0) is 34.7 Å². The van der Waals surface area contributed by atoms with Crippen LogP contribution < -0.4 is 10.4 Å². The van der Waals surface area contributed by atoms with Gasteiger partial charge in [-0.2, -0.15) is 0 Å². The van der Waals surface area contributed by atoms with Gasteiger partial charge >= 0.3 is 0 Å². The van der Waals surface area contributed by atoms with Crippen molar-refractivity contribution in [3.8, 4) is 0 Å². The van der Waals surface area contributed by atoms with Gasteiger partial charge in [-0.3, -0.25) is 0 Å². The first-order valence-corrected chi connectivity index (χ1v) is 10.6. The molecule has 0 N–H and O–H groups in total. The van der Waals surface area contributed by atoms with Crippen LogP contribution in [0.1, 0.15) is 26.7 Å². The minimum Gasteiger partial charge on any atom is -0.404 e. The summed E-state index contributed by atoms with van der Waals surface area (Å²) in [5.74, 6) is 0.608. The van der Waals surface area contributed by atoms with E-state index in [1.807, 2.05) is 6.08 Å². The monoisotopic (exact) mass is 322 g/mol. The van der Waals surface area contributed by atoms with Crippen LogP contribution in [0.3, 0.4) is 0 Å². The van der Waals surface area contributed by atoms with Crippen molar-refractivity contribution in [3.63, 3.8) is 0 Å². The van der Waals surface area contributed by atoms with Crippen LogP contribution in [0.15, 0.2) is 73.3 Å². The van der Waals surface area contributed by atoms with Crippen molar-refractivity contribution in [1.29, 1.82) is 0 Å². The lowest BCUT2D eigenvalue weighted by Gasteiger charge is -2.35. The molecule has 120 valence electrons. The Labute approximate surface area is 141 Å². The van der Waals surface area contributed by atoms with Crippen molar-refractivity contribution in [2.24, 2.45) is 5.92 Å². The van der Waals surface area contributed by atoms with E-state index in [0.29, 0.717) is 17.6 Å². The molecule has 0 amide bonds. The molecule has 0 radical (unpaired) electrons. The van der Waals surface area contributed by atoms with Gasteiger partial charge < -0.3 is 4.43 Å². The maximum atomic E-state index is 6.90. The molecule has 1 saturated heterocycles. The summed E-state index contributed by atoms with van der Waals surface area (Å²) in [6.07, 6.45) is 4.38. The molecule has 23 heavy (non-hydrogen) atoms. The summed E-state index contributed by atoms with van der Waals surface area (Å²) in [5, 5.41) is 2.80. The summed E-state index contributed by atoms with van der Waals surface area (Å²) in [4.78, 5) is 0. The van der Waals surface area contributed by atoms with E-state index in [9.17, 15) is 0 Å². The van der Waals surface area contributed by atoms with Crippen LogP contribution in [0.2, 0.25) is 5.54 Å². The molecular formula is C21H26OSi. The van der Waals surface area contributed by atoms with Crippen LogP contribution in [0.5, 0.6) is 0 Å². The predicted molar refractivity (Wildman–Crippen MR) is 101 cm³/mol. The first kappa shape index (κ1) is 16.2.